The second-order valence-electron chi connectivity index (χ2n) is 1.64. The Kier molecular flexibility index (Phi) is 1.67. The maximum atomic E-state index is 3.99. The zero-order valence-corrected chi connectivity index (χ0v) is 4.91. The Labute approximate surface area is 49.1 Å². The van der Waals surface area contributed by atoms with Crippen LogP contribution in [0.1, 0.15) is 6.92 Å². The van der Waals surface area contributed by atoms with Crippen molar-refractivity contribution >= 4 is 0 Å². The predicted molar refractivity (Wildman–Crippen MR) is 32.2 cm³/mol. The molecule has 0 aliphatic carbocycles. The highest BCUT2D eigenvalue weighted by molar-refractivity contribution is 4.78. The molecule has 0 bridgehead atoms. The first-order valence-corrected chi connectivity index (χ1v) is 2.68. The third-order valence-electron chi connectivity index (χ3n) is 0.929. The molecule has 0 aliphatic rings. The van der Waals surface area contributed by atoms with Crippen LogP contribution in [-0.4, -0.2) is 9.78 Å². The molecule has 0 amide bonds. The van der Waals surface area contributed by atoms with Crippen LogP contribution in [-0.2, 0) is 6.54 Å². The summed E-state index contributed by atoms with van der Waals surface area (Å²) in [6, 6.07) is 1.92. The van der Waals surface area contributed by atoms with Crippen molar-refractivity contribution in [3.63, 3.8) is 0 Å². The van der Waals surface area contributed by atoms with E-state index in [4.69, 9.17) is 0 Å². The van der Waals surface area contributed by atoms with Gasteiger partial charge in [-0.3, -0.25) is 4.68 Å². The summed E-state index contributed by atoms with van der Waals surface area (Å²) in [5, 5.41) is 3.99. The highest BCUT2D eigenvalue weighted by atomic mass is 15.3. The van der Waals surface area contributed by atoms with Crippen LogP contribution >= 0.6 is 0 Å². The Morgan fingerprint density at radius 2 is 2.62 bits per heavy atom. The molecular weight excluding hydrogens is 100 g/mol. The first-order valence-electron chi connectivity index (χ1n) is 2.68. The van der Waals surface area contributed by atoms with E-state index in [1.165, 1.54) is 0 Å². The molecular formula is C6H9N2. The Morgan fingerprint density at radius 1 is 1.75 bits per heavy atom. The molecule has 1 heterocycles. The lowest BCUT2D eigenvalue weighted by Crippen LogP contribution is -1.95. The van der Waals surface area contributed by atoms with Crippen LogP contribution in [0.5, 0.6) is 0 Å². The highest BCUT2D eigenvalue weighted by Gasteiger charge is 1.82. The zero-order chi connectivity index (χ0) is 5.82. The number of nitrogens with zero attached hydrogens (tertiary/aromatic N) is 2. The molecule has 0 aliphatic heterocycles. The van der Waals surface area contributed by atoms with Crippen LogP contribution in [0.25, 0.3) is 0 Å². The molecule has 1 rings (SSSR count). The fraction of sp³-hybridized carbons (Fsp3) is 0.333. The van der Waals surface area contributed by atoms with Crippen molar-refractivity contribution in [2.24, 2.45) is 0 Å². The van der Waals surface area contributed by atoms with E-state index in [-0.39, 0.29) is 0 Å². The second-order valence-corrected chi connectivity index (χ2v) is 1.64. The summed E-state index contributed by atoms with van der Waals surface area (Å²) in [7, 11) is 0. The maximum Gasteiger partial charge on any atom is 0.0489 e. The summed E-state index contributed by atoms with van der Waals surface area (Å²) in [5.74, 6) is 0. The van der Waals surface area contributed by atoms with Crippen LogP contribution in [0.15, 0.2) is 18.5 Å². The summed E-state index contributed by atoms with van der Waals surface area (Å²) < 4.78 is 1.88. The average molecular weight is 109 g/mol. The van der Waals surface area contributed by atoms with Gasteiger partial charge in [-0.15, -0.1) is 0 Å². The Bertz CT molecular complexity index is 132. The molecule has 1 radical (unpaired) electrons. The average Bonchev–Trinajstić information content (AvgIpc) is 2.19. The topological polar surface area (TPSA) is 17.8 Å². The molecule has 0 N–H and O–H groups in total. The Morgan fingerprint density at radius 3 is 3.12 bits per heavy atom. The van der Waals surface area contributed by atoms with Gasteiger partial charge in [0.15, 0.2) is 0 Å². The summed E-state index contributed by atoms with van der Waals surface area (Å²) in [5.41, 5.74) is 0. The smallest absolute Gasteiger partial charge is 0.0489 e. The molecule has 0 unspecified atom stereocenters. The first kappa shape index (κ1) is 5.35. The van der Waals surface area contributed by atoms with Gasteiger partial charge in [0.05, 0.1) is 0 Å². The molecule has 0 aromatic carbocycles. The van der Waals surface area contributed by atoms with Crippen LogP contribution in [0.3, 0.4) is 0 Å². The summed E-state index contributed by atoms with van der Waals surface area (Å²) >= 11 is 0. The van der Waals surface area contributed by atoms with Gasteiger partial charge in [0.25, 0.3) is 0 Å². The van der Waals surface area contributed by atoms with Crippen LogP contribution < -0.4 is 0 Å². The summed E-state index contributed by atoms with van der Waals surface area (Å²) in [4.78, 5) is 0. The van der Waals surface area contributed by atoms with Crippen LogP contribution in [0.4, 0.5) is 0 Å². The van der Waals surface area contributed by atoms with Crippen molar-refractivity contribution < 1.29 is 0 Å². The van der Waals surface area contributed by atoms with Crippen LogP contribution in [0, 0.1) is 6.42 Å². The second kappa shape index (κ2) is 2.50. The molecule has 1 aromatic rings. The van der Waals surface area contributed by atoms with Gasteiger partial charge in [0, 0.05) is 18.9 Å². The van der Waals surface area contributed by atoms with Gasteiger partial charge in [0.1, 0.15) is 0 Å². The van der Waals surface area contributed by atoms with Crippen molar-refractivity contribution in [1.29, 1.82) is 0 Å². The molecule has 43 valence electrons. The Hall–Kier alpha value is -0.790. The van der Waals surface area contributed by atoms with Crippen molar-refractivity contribution in [3.8, 4) is 0 Å². The van der Waals surface area contributed by atoms with E-state index in [9.17, 15) is 0 Å². The largest absolute Gasteiger partial charge is 0.272 e. The van der Waals surface area contributed by atoms with Crippen molar-refractivity contribution in [2.75, 3.05) is 0 Å². The van der Waals surface area contributed by atoms with E-state index < -0.39 is 0 Å². The molecule has 8 heavy (non-hydrogen) atoms. The summed E-state index contributed by atoms with van der Waals surface area (Å²) in [6.45, 7) is 2.93. The predicted octanol–water partition coefficient (Wildman–Crippen LogP) is 1.11. The van der Waals surface area contributed by atoms with E-state index in [2.05, 4.69) is 11.5 Å². The number of hydrogen-bond acceptors (Lipinski definition) is 1. The fourth-order valence-electron chi connectivity index (χ4n) is 0.596. The lowest BCUT2D eigenvalue weighted by atomic mass is 10.5. The SMILES string of the molecule is C[CH]Cn1cccn1. The van der Waals surface area contributed by atoms with Gasteiger partial charge in [-0.05, 0) is 12.5 Å². The van der Waals surface area contributed by atoms with E-state index in [0.29, 0.717) is 0 Å². The number of rotatable bonds is 2. The van der Waals surface area contributed by atoms with Gasteiger partial charge in [-0.2, -0.15) is 5.10 Å². The molecule has 0 atom stereocenters. The minimum absolute atomic E-state index is 0.910. The van der Waals surface area contributed by atoms with Gasteiger partial charge >= 0.3 is 0 Å². The van der Waals surface area contributed by atoms with Crippen LogP contribution in [0.2, 0.25) is 0 Å². The minimum Gasteiger partial charge on any atom is -0.272 e. The number of aromatic nitrogens is 2. The van der Waals surface area contributed by atoms with Gasteiger partial charge in [-0.25, -0.2) is 0 Å². The molecule has 2 heteroatoms. The molecule has 0 spiro atoms. The maximum absolute atomic E-state index is 3.99. The van der Waals surface area contributed by atoms with Gasteiger partial charge in [0.2, 0.25) is 0 Å². The zero-order valence-electron chi connectivity index (χ0n) is 4.91. The standard InChI is InChI=1S/C6H9N2/c1-2-5-8-6-3-4-7-8/h2-4,6H,5H2,1H3. The van der Waals surface area contributed by atoms with E-state index in [1.807, 2.05) is 23.9 Å². The minimum atomic E-state index is 0.910. The summed E-state index contributed by atoms with van der Waals surface area (Å²) in [6.07, 6.45) is 5.79. The van der Waals surface area contributed by atoms with Gasteiger partial charge < -0.3 is 0 Å². The van der Waals surface area contributed by atoms with Crippen molar-refractivity contribution in [3.05, 3.63) is 24.9 Å². The Balaban J connectivity index is 2.50. The van der Waals surface area contributed by atoms with E-state index >= 15 is 0 Å². The quantitative estimate of drug-likeness (QED) is 0.556. The molecule has 0 saturated heterocycles. The van der Waals surface area contributed by atoms with E-state index in [0.717, 1.165) is 6.54 Å². The molecule has 0 fully saturated rings. The third kappa shape index (κ3) is 1.09. The van der Waals surface area contributed by atoms with Crippen molar-refractivity contribution in [2.45, 2.75) is 13.5 Å². The molecule has 2 nitrogen and oxygen atoms in total. The number of hydrogen-bond donors (Lipinski definition) is 0. The third-order valence-corrected chi connectivity index (χ3v) is 0.929. The molecule has 1 aromatic heterocycles. The lowest BCUT2D eigenvalue weighted by molar-refractivity contribution is 0.673. The van der Waals surface area contributed by atoms with Crippen molar-refractivity contribution in [1.82, 2.24) is 9.78 Å². The normalized spacial score (nSPS) is 9.62. The highest BCUT2D eigenvalue weighted by Crippen LogP contribution is 1.84. The van der Waals surface area contributed by atoms with Gasteiger partial charge in [-0.1, -0.05) is 6.92 Å². The fourth-order valence-corrected chi connectivity index (χ4v) is 0.596. The lowest BCUT2D eigenvalue weighted by Gasteiger charge is -1.92. The monoisotopic (exact) mass is 109 g/mol. The van der Waals surface area contributed by atoms with E-state index in [1.54, 1.807) is 6.20 Å². The molecule has 0 saturated carbocycles. The first-order chi connectivity index (χ1) is 3.93.